The third-order valence-electron chi connectivity index (χ3n) is 5.26. The Bertz CT molecular complexity index is 767. The zero-order valence-corrected chi connectivity index (χ0v) is 13.7. The van der Waals surface area contributed by atoms with Gasteiger partial charge in [0, 0.05) is 17.5 Å². The molecule has 2 bridgehead atoms. The van der Waals surface area contributed by atoms with Crippen molar-refractivity contribution in [3.8, 4) is 5.75 Å². The Morgan fingerprint density at radius 3 is 2.50 bits per heavy atom. The van der Waals surface area contributed by atoms with Crippen LogP contribution in [0.15, 0.2) is 53.5 Å². The van der Waals surface area contributed by atoms with E-state index in [1.54, 1.807) is 0 Å². The Balaban J connectivity index is 1.53. The minimum absolute atomic E-state index is 0.422. The number of aliphatic imine (C=N–C) groups is 1. The summed E-state index contributed by atoms with van der Waals surface area (Å²) in [5.74, 6) is 1.78. The Kier molecular flexibility index (Phi) is 4.16. The van der Waals surface area contributed by atoms with Crippen LogP contribution in [0.2, 0.25) is 0 Å². The number of amides is 1. The Morgan fingerprint density at radius 1 is 1.00 bits per heavy atom. The van der Waals surface area contributed by atoms with Crippen molar-refractivity contribution in [1.82, 2.24) is 0 Å². The van der Waals surface area contributed by atoms with Crippen molar-refractivity contribution in [2.24, 2.45) is 16.8 Å². The zero-order valence-electron chi connectivity index (χ0n) is 13.7. The molecule has 1 amide bonds. The smallest absolute Gasteiger partial charge is 0.232 e. The van der Waals surface area contributed by atoms with Crippen LogP contribution in [0.3, 0.4) is 0 Å². The number of carbonyl (C=O) groups is 1. The fourth-order valence-electron chi connectivity index (χ4n) is 4.07. The third-order valence-corrected chi connectivity index (χ3v) is 5.26. The lowest BCUT2D eigenvalue weighted by Gasteiger charge is -2.14. The van der Waals surface area contributed by atoms with E-state index in [9.17, 15) is 4.79 Å². The second kappa shape index (κ2) is 6.60. The van der Waals surface area contributed by atoms with Crippen LogP contribution in [0.5, 0.6) is 5.75 Å². The summed E-state index contributed by atoms with van der Waals surface area (Å²) in [4.78, 5) is 15.0. The number of hydrogen-bond acceptors (Lipinski definition) is 2. The predicted molar refractivity (Wildman–Crippen MR) is 94.3 cm³/mol. The summed E-state index contributed by atoms with van der Waals surface area (Å²) < 4.78 is 5.97. The molecule has 2 aliphatic rings. The normalized spacial score (nSPS) is 23.6. The molecule has 0 N–H and O–H groups in total. The molecular weight excluding hydrogens is 298 g/mol. The number of rotatable bonds is 4. The molecule has 2 aliphatic carbocycles. The minimum Gasteiger partial charge on any atom is -0.489 e. The molecule has 0 radical (unpaired) electrons. The van der Waals surface area contributed by atoms with Crippen molar-refractivity contribution in [1.29, 1.82) is 0 Å². The highest BCUT2D eigenvalue weighted by molar-refractivity contribution is 5.95. The van der Waals surface area contributed by atoms with Gasteiger partial charge < -0.3 is 4.74 Å². The fraction of sp³-hybridized carbons (Fsp3) is 0.333. The lowest BCUT2D eigenvalue weighted by atomic mass is 9.93. The average Bonchev–Trinajstić information content (AvgIpc) is 2.89. The van der Waals surface area contributed by atoms with Crippen LogP contribution in [-0.4, -0.2) is 12.1 Å². The molecule has 1 saturated carbocycles. The fourth-order valence-corrected chi connectivity index (χ4v) is 4.07. The van der Waals surface area contributed by atoms with Crippen molar-refractivity contribution >= 4 is 12.1 Å². The summed E-state index contributed by atoms with van der Waals surface area (Å²) in [6, 6.07) is 16.7. The van der Waals surface area contributed by atoms with Crippen LogP contribution in [-0.2, 0) is 24.2 Å². The molecule has 0 saturated heterocycles. The van der Waals surface area contributed by atoms with Crippen molar-refractivity contribution < 1.29 is 9.53 Å². The Labute approximate surface area is 142 Å². The van der Waals surface area contributed by atoms with Crippen LogP contribution in [0.4, 0.5) is 0 Å². The molecule has 3 heteroatoms. The van der Waals surface area contributed by atoms with Gasteiger partial charge in [0.05, 0.1) is 0 Å². The number of benzene rings is 2. The first kappa shape index (κ1) is 15.1. The van der Waals surface area contributed by atoms with Gasteiger partial charge in [-0.15, -0.1) is 0 Å². The van der Waals surface area contributed by atoms with E-state index in [1.165, 1.54) is 16.7 Å². The average molecular weight is 319 g/mol. The van der Waals surface area contributed by atoms with E-state index in [-0.39, 0.29) is 0 Å². The molecule has 0 aliphatic heterocycles. The highest BCUT2D eigenvalue weighted by atomic mass is 16.5. The summed E-state index contributed by atoms with van der Waals surface area (Å²) in [7, 11) is 0. The molecule has 1 fully saturated rings. The molecule has 2 aromatic carbocycles. The van der Waals surface area contributed by atoms with Gasteiger partial charge in [-0.3, -0.25) is 4.79 Å². The molecule has 0 aromatic heterocycles. The van der Waals surface area contributed by atoms with Crippen molar-refractivity contribution in [3.05, 3.63) is 65.2 Å². The lowest BCUT2D eigenvalue weighted by Crippen LogP contribution is -2.15. The van der Waals surface area contributed by atoms with E-state index in [0.29, 0.717) is 24.9 Å². The van der Waals surface area contributed by atoms with Crippen LogP contribution < -0.4 is 4.74 Å². The molecule has 4 rings (SSSR count). The van der Waals surface area contributed by atoms with Gasteiger partial charge >= 0.3 is 0 Å². The molecule has 0 unspecified atom stereocenters. The van der Waals surface area contributed by atoms with Crippen LogP contribution in [0.1, 0.15) is 29.5 Å². The van der Waals surface area contributed by atoms with E-state index in [0.717, 1.165) is 37.1 Å². The molecular formula is C21H21NO2. The van der Waals surface area contributed by atoms with Gasteiger partial charge in [-0.25, -0.2) is 4.99 Å². The monoisotopic (exact) mass is 319 g/mol. The van der Waals surface area contributed by atoms with E-state index >= 15 is 0 Å². The van der Waals surface area contributed by atoms with Gasteiger partial charge in [0.15, 0.2) is 0 Å². The first-order chi connectivity index (χ1) is 11.8. The minimum atomic E-state index is 0.422. The largest absolute Gasteiger partial charge is 0.489 e. The van der Waals surface area contributed by atoms with Crippen molar-refractivity contribution in [3.63, 3.8) is 0 Å². The van der Waals surface area contributed by atoms with E-state index < -0.39 is 0 Å². The highest BCUT2D eigenvalue weighted by Gasteiger charge is 2.35. The highest BCUT2D eigenvalue weighted by Crippen LogP contribution is 2.38. The molecule has 0 heterocycles. The number of carbonyl (C=O) groups excluding carboxylic acids is 1. The maximum absolute atomic E-state index is 10.8. The second-order valence-electron chi connectivity index (χ2n) is 6.74. The number of ether oxygens (including phenoxy) is 1. The molecule has 122 valence electrons. The van der Waals surface area contributed by atoms with Crippen LogP contribution >= 0.6 is 0 Å². The van der Waals surface area contributed by atoms with Gasteiger partial charge in [0.25, 0.3) is 0 Å². The summed E-state index contributed by atoms with van der Waals surface area (Å²) in [6.45, 7) is 0.587. The van der Waals surface area contributed by atoms with E-state index in [1.807, 2.05) is 18.2 Å². The summed E-state index contributed by atoms with van der Waals surface area (Å²) >= 11 is 0. The van der Waals surface area contributed by atoms with Gasteiger partial charge in [-0.05, 0) is 54.5 Å². The van der Waals surface area contributed by atoms with Crippen LogP contribution in [0, 0.1) is 11.8 Å². The van der Waals surface area contributed by atoms with Gasteiger partial charge in [0.1, 0.15) is 12.4 Å². The maximum Gasteiger partial charge on any atom is 0.232 e. The molecule has 2 atom stereocenters. The summed E-state index contributed by atoms with van der Waals surface area (Å²) in [5.41, 5.74) is 5.03. The van der Waals surface area contributed by atoms with E-state index in [4.69, 9.17) is 4.74 Å². The molecule has 0 spiro atoms. The molecule has 2 aromatic rings. The quantitative estimate of drug-likeness (QED) is 0.799. The first-order valence-electron chi connectivity index (χ1n) is 8.63. The number of fused-ring (bicyclic) bond motifs is 3. The summed E-state index contributed by atoms with van der Waals surface area (Å²) in [6.07, 6.45) is 4.98. The Hall–Kier alpha value is -2.42. The van der Waals surface area contributed by atoms with E-state index in [2.05, 4.69) is 35.3 Å². The maximum atomic E-state index is 10.8. The Morgan fingerprint density at radius 2 is 1.75 bits per heavy atom. The first-order valence-corrected chi connectivity index (χ1v) is 8.63. The summed E-state index contributed by atoms with van der Waals surface area (Å²) in [5, 5.41) is 0. The van der Waals surface area contributed by atoms with Crippen molar-refractivity contribution in [2.75, 3.05) is 0 Å². The zero-order chi connectivity index (χ0) is 16.4. The van der Waals surface area contributed by atoms with Crippen LogP contribution in [0.25, 0.3) is 0 Å². The topological polar surface area (TPSA) is 38.7 Å². The van der Waals surface area contributed by atoms with Gasteiger partial charge in [-0.2, -0.15) is 0 Å². The third kappa shape index (κ3) is 2.99. The second-order valence-corrected chi connectivity index (χ2v) is 6.74. The SMILES string of the molecule is O=C/N=C1/[C@@H]2CC[C@H]1Cc1ccc(OCc3ccccc3)cc1C2. The number of hydrogen-bond donors (Lipinski definition) is 0. The number of nitrogens with zero attached hydrogens (tertiary/aromatic N) is 1. The molecule has 3 nitrogen and oxygen atoms in total. The van der Waals surface area contributed by atoms with Gasteiger partial charge in [0.2, 0.25) is 6.41 Å². The molecule has 24 heavy (non-hydrogen) atoms. The van der Waals surface area contributed by atoms with Gasteiger partial charge in [-0.1, -0.05) is 36.4 Å². The lowest BCUT2D eigenvalue weighted by molar-refractivity contribution is -0.106. The standard InChI is InChI=1S/C21H21NO2/c23-14-22-21-17-6-7-18(21)11-19-12-20(9-8-16(19)10-17)24-13-15-4-2-1-3-5-15/h1-5,8-9,12,14,17-18H,6-7,10-11,13H2/b22-21+/t17-,18+/m0/s1. The van der Waals surface area contributed by atoms with Crippen molar-refractivity contribution in [2.45, 2.75) is 32.3 Å². The predicted octanol–water partition coefficient (Wildman–Crippen LogP) is 3.99.